The number of alkyl halides is 3. The van der Waals surface area contributed by atoms with E-state index in [0.29, 0.717) is 37.2 Å². The third-order valence-electron chi connectivity index (χ3n) is 8.67. The molecule has 262 valence electrons. The van der Waals surface area contributed by atoms with E-state index in [1.54, 1.807) is 32.2 Å². The maximum Gasteiger partial charge on any atom is 0.421 e. The third-order valence-corrected chi connectivity index (χ3v) is 8.67. The second-order valence-corrected chi connectivity index (χ2v) is 12.4. The van der Waals surface area contributed by atoms with Crippen LogP contribution in [0.2, 0.25) is 0 Å². The first kappa shape index (κ1) is 35.5. The average molecular weight is 684 g/mol. The molecule has 4 aromatic rings. The van der Waals surface area contributed by atoms with Crippen LogP contribution in [0.1, 0.15) is 73.5 Å². The quantitative estimate of drug-likeness (QED) is 0.134. The van der Waals surface area contributed by atoms with Gasteiger partial charge in [0.05, 0.1) is 24.6 Å². The number of carbonyl (C=O) groups excluding carboxylic acids is 1. The van der Waals surface area contributed by atoms with Gasteiger partial charge in [-0.3, -0.25) is 19.9 Å². The number of hydrogen-bond acceptors (Lipinski definition) is 9. The molecular formula is C34H40F3N7O5. The summed E-state index contributed by atoms with van der Waals surface area (Å²) in [7, 11) is 3.59. The van der Waals surface area contributed by atoms with Gasteiger partial charge in [-0.1, -0.05) is 25.3 Å². The molecule has 1 fully saturated rings. The summed E-state index contributed by atoms with van der Waals surface area (Å²) in [5.41, 5.74) is 1.41. The summed E-state index contributed by atoms with van der Waals surface area (Å²) < 4.78 is 52.9. The lowest BCUT2D eigenvalue weighted by atomic mass is 9.74. The van der Waals surface area contributed by atoms with E-state index in [1.165, 1.54) is 12.4 Å². The molecule has 0 saturated heterocycles. The van der Waals surface area contributed by atoms with Crippen LogP contribution in [-0.4, -0.2) is 75.8 Å². The van der Waals surface area contributed by atoms with E-state index >= 15 is 0 Å². The molecule has 0 bridgehead atoms. The normalized spacial score (nSPS) is 14.5. The fourth-order valence-corrected chi connectivity index (χ4v) is 6.39. The Morgan fingerprint density at radius 1 is 1.10 bits per heavy atom. The van der Waals surface area contributed by atoms with Crippen LogP contribution >= 0.6 is 0 Å². The van der Waals surface area contributed by atoms with Gasteiger partial charge in [0, 0.05) is 50.5 Å². The number of carbonyl (C=O) groups is 2. The van der Waals surface area contributed by atoms with E-state index < -0.39 is 29.5 Å². The number of methoxy groups -OCH3 is 1. The Balaban J connectivity index is 1.50. The molecule has 12 nitrogen and oxygen atoms in total. The minimum Gasteiger partial charge on any atom is -0.481 e. The molecule has 0 aliphatic heterocycles. The monoisotopic (exact) mass is 683 g/mol. The minimum absolute atomic E-state index is 0.0199. The highest BCUT2D eigenvalue weighted by Crippen LogP contribution is 2.41. The number of pyridine rings is 3. The molecule has 0 aromatic carbocycles. The number of halogens is 3. The van der Waals surface area contributed by atoms with Crippen molar-refractivity contribution in [1.29, 1.82) is 0 Å². The molecule has 1 saturated carbocycles. The number of fused-ring (bicyclic) bond motifs is 1. The number of anilines is 2. The van der Waals surface area contributed by atoms with Crippen LogP contribution in [0.4, 0.5) is 24.8 Å². The van der Waals surface area contributed by atoms with Gasteiger partial charge in [-0.15, -0.1) is 0 Å². The summed E-state index contributed by atoms with van der Waals surface area (Å²) in [6, 6.07) is 5.91. The molecular weight excluding hydrogens is 643 g/mol. The second kappa shape index (κ2) is 15.2. The highest BCUT2D eigenvalue weighted by molar-refractivity contribution is 6.03. The lowest BCUT2D eigenvalue weighted by Gasteiger charge is -2.40. The molecule has 3 N–H and O–H groups in total. The molecule has 15 heteroatoms. The number of aliphatic carboxylic acids is 1. The minimum atomic E-state index is -4.71. The number of hydrogen-bond donors (Lipinski definition) is 3. The Kier molecular flexibility index (Phi) is 11.0. The third kappa shape index (κ3) is 8.63. The summed E-state index contributed by atoms with van der Waals surface area (Å²) in [6.07, 6.45) is 4.34. The van der Waals surface area contributed by atoms with E-state index in [-0.39, 0.29) is 47.0 Å². The molecule has 0 unspecified atom stereocenters. The second-order valence-electron chi connectivity index (χ2n) is 12.4. The van der Waals surface area contributed by atoms with Gasteiger partial charge in [-0.25, -0.2) is 9.97 Å². The number of nitrogens with zero attached hydrogens (tertiary/aromatic N) is 5. The molecule has 0 spiro atoms. The fraction of sp³-hybridized carbons (Fsp3) is 0.471. The average Bonchev–Trinajstić information content (AvgIpc) is 3.47. The maximum absolute atomic E-state index is 14.0. The Morgan fingerprint density at radius 3 is 2.53 bits per heavy atom. The van der Waals surface area contributed by atoms with Crippen molar-refractivity contribution in [1.82, 2.24) is 24.9 Å². The summed E-state index contributed by atoms with van der Waals surface area (Å²) >= 11 is 0. The van der Waals surface area contributed by atoms with Gasteiger partial charge in [0.25, 0.3) is 5.91 Å². The summed E-state index contributed by atoms with van der Waals surface area (Å²) in [5.74, 6) is -1.85. The smallest absolute Gasteiger partial charge is 0.421 e. The van der Waals surface area contributed by atoms with E-state index in [4.69, 9.17) is 14.6 Å². The number of H-pyrrole nitrogens is 1. The molecule has 4 aromatic heterocycles. The zero-order valence-electron chi connectivity index (χ0n) is 27.7. The van der Waals surface area contributed by atoms with Gasteiger partial charge in [-0.2, -0.15) is 18.2 Å². The van der Waals surface area contributed by atoms with Gasteiger partial charge in [0.2, 0.25) is 11.8 Å². The SMILES string of the molecule is CCOc1ncc(-c2cc(N(C)CC3(COC)CCCCC3)c3[nH]c(NC(=O)c4ccc(CCCC(=O)O)cn4)nc3n2)cc1C(F)(F)F. The molecule has 1 aliphatic carbocycles. The van der Waals surface area contributed by atoms with Crippen molar-refractivity contribution < 1.29 is 37.3 Å². The highest BCUT2D eigenvalue weighted by atomic mass is 19.4. The number of ether oxygens (including phenoxy) is 2. The summed E-state index contributed by atoms with van der Waals surface area (Å²) in [6.45, 7) is 2.77. The first-order valence-electron chi connectivity index (χ1n) is 16.2. The van der Waals surface area contributed by atoms with Crippen LogP contribution in [0.5, 0.6) is 5.88 Å². The van der Waals surface area contributed by atoms with Crippen molar-refractivity contribution in [2.24, 2.45) is 5.41 Å². The van der Waals surface area contributed by atoms with Crippen LogP contribution in [0, 0.1) is 5.41 Å². The van der Waals surface area contributed by atoms with Crippen LogP contribution in [0.15, 0.2) is 36.7 Å². The zero-order chi connectivity index (χ0) is 35.2. The van der Waals surface area contributed by atoms with Crippen molar-refractivity contribution in [3.8, 4) is 17.1 Å². The van der Waals surface area contributed by atoms with Gasteiger partial charge in [-0.05, 0) is 56.4 Å². The molecule has 0 radical (unpaired) electrons. The largest absolute Gasteiger partial charge is 0.481 e. The molecule has 5 rings (SSSR count). The predicted octanol–water partition coefficient (Wildman–Crippen LogP) is 6.53. The first-order valence-corrected chi connectivity index (χ1v) is 16.2. The summed E-state index contributed by atoms with van der Waals surface area (Å²) in [5, 5.41) is 11.6. The Labute approximate surface area is 281 Å². The highest BCUT2D eigenvalue weighted by Gasteiger charge is 2.37. The van der Waals surface area contributed by atoms with Crippen molar-refractivity contribution in [2.45, 2.75) is 64.5 Å². The lowest BCUT2D eigenvalue weighted by molar-refractivity contribution is -0.139. The molecule has 0 atom stereocenters. The number of carboxylic acids is 1. The van der Waals surface area contributed by atoms with Gasteiger partial charge >= 0.3 is 12.1 Å². The summed E-state index contributed by atoms with van der Waals surface area (Å²) in [4.78, 5) is 46.4. The van der Waals surface area contributed by atoms with Crippen LogP contribution in [0.3, 0.4) is 0 Å². The van der Waals surface area contributed by atoms with E-state index in [2.05, 4.69) is 30.2 Å². The van der Waals surface area contributed by atoms with Crippen LogP contribution < -0.4 is 15.0 Å². The predicted molar refractivity (Wildman–Crippen MR) is 177 cm³/mol. The molecule has 49 heavy (non-hydrogen) atoms. The van der Waals surface area contributed by atoms with Gasteiger partial charge < -0.3 is 24.5 Å². The van der Waals surface area contributed by atoms with E-state index in [1.807, 2.05) is 11.9 Å². The first-order chi connectivity index (χ1) is 23.4. The number of aromatic nitrogens is 5. The van der Waals surface area contributed by atoms with Gasteiger partial charge in [0.1, 0.15) is 16.8 Å². The van der Waals surface area contributed by atoms with Crippen molar-refractivity contribution in [3.63, 3.8) is 0 Å². The van der Waals surface area contributed by atoms with Gasteiger partial charge in [0.15, 0.2) is 5.65 Å². The van der Waals surface area contributed by atoms with E-state index in [0.717, 1.165) is 43.7 Å². The van der Waals surface area contributed by atoms with Crippen LogP contribution in [-0.2, 0) is 22.1 Å². The number of amides is 1. The van der Waals surface area contributed by atoms with Crippen molar-refractivity contribution in [2.75, 3.05) is 44.1 Å². The molecule has 1 aliphatic rings. The van der Waals surface area contributed by atoms with E-state index in [9.17, 15) is 22.8 Å². The number of carboxylic acid groups (broad SMARTS) is 1. The number of nitrogens with one attached hydrogen (secondary N) is 2. The Morgan fingerprint density at radius 2 is 1.88 bits per heavy atom. The number of aromatic amines is 1. The van der Waals surface area contributed by atoms with Crippen molar-refractivity contribution in [3.05, 3.63) is 53.5 Å². The molecule has 1 amide bonds. The number of imidazole rings is 1. The maximum atomic E-state index is 14.0. The van der Waals surface area contributed by atoms with Crippen molar-refractivity contribution >= 4 is 34.7 Å². The fourth-order valence-electron chi connectivity index (χ4n) is 6.39. The zero-order valence-corrected chi connectivity index (χ0v) is 27.7. The molecule has 4 heterocycles. The Hall–Kier alpha value is -4.79. The topological polar surface area (TPSA) is 155 Å². The number of aryl methyl sites for hydroxylation is 1. The Bertz CT molecular complexity index is 1770. The van der Waals surface area contributed by atoms with Crippen LogP contribution in [0.25, 0.3) is 22.4 Å². The number of rotatable bonds is 14. The standard InChI is InChI=1S/C34H40F3N7O5/c1-4-49-31-23(34(35,36)37)15-22(18-39-31)25-16-26(44(2)19-33(20-48-3)13-6-5-7-14-33)28-29(40-25)42-32(41-28)43-30(47)24-12-11-21(17-38-24)9-8-10-27(45)46/h11-12,15-18H,4-10,13-14,19-20H2,1-3H3,(H,45,46)(H2,40,41,42,43,47). The lowest BCUT2D eigenvalue weighted by Crippen LogP contribution is -2.40.